The quantitative estimate of drug-likeness (QED) is 0.689. The normalized spacial score (nSPS) is 17.8. The number of aromatic nitrogens is 2. The zero-order valence-corrected chi connectivity index (χ0v) is 15.1. The molecule has 2 aromatic heterocycles. The van der Waals surface area contributed by atoms with Crippen molar-refractivity contribution in [2.45, 2.75) is 18.3 Å². The van der Waals surface area contributed by atoms with E-state index in [1.54, 1.807) is 34.6 Å². The van der Waals surface area contributed by atoms with Crippen molar-refractivity contribution in [3.63, 3.8) is 0 Å². The molecule has 0 atom stereocenters. The molecule has 5 rings (SSSR count). The number of hydrogen-bond donors (Lipinski definition) is 0. The molecule has 7 heteroatoms. The highest BCUT2D eigenvalue weighted by molar-refractivity contribution is 6.13. The van der Waals surface area contributed by atoms with Crippen LogP contribution >= 0.6 is 0 Å². The van der Waals surface area contributed by atoms with Crippen molar-refractivity contribution in [2.24, 2.45) is 0 Å². The number of para-hydroxylation sites is 1. The van der Waals surface area contributed by atoms with E-state index in [9.17, 15) is 9.59 Å². The molecule has 7 nitrogen and oxygen atoms in total. The Balaban J connectivity index is 1.45. The molecule has 1 aromatic carbocycles. The highest BCUT2D eigenvalue weighted by Crippen LogP contribution is 2.50. The van der Waals surface area contributed by atoms with Gasteiger partial charge in [-0.3, -0.25) is 19.5 Å². The number of carbonyl (C=O) groups excluding carboxylic acids is 2. The van der Waals surface area contributed by atoms with Crippen molar-refractivity contribution >= 4 is 23.2 Å². The lowest BCUT2D eigenvalue weighted by Crippen LogP contribution is -2.49. The summed E-state index contributed by atoms with van der Waals surface area (Å²) in [6.07, 6.45) is 8.83. The van der Waals surface area contributed by atoms with Crippen LogP contribution in [0.2, 0.25) is 0 Å². The molecule has 3 aromatic rings. The highest BCUT2D eigenvalue weighted by atomic mass is 16.3. The van der Waals surface area contributed by atoms with Gasteiger partial charge in [-0.1, -0.05) is 18.2 Å². The maximum atomic E-state index is 13.5. The second-order valence-electron chi connectivity index (χ2n) is 7.10. The van der Waals surface area contributed by atoms with Gasteiger partial charge in [0.15, 0.2) is 0 Å². The molecule has 1 spiro atoms. The summed E-state index contributed by atoms with van der Waals surface area (Å²) in [7, 11) is 0. The van der Waals surface area contributed by atoms with Gasteiger partial charge in [0.1, 0.15) is 12.0 Å². The summed E-state index contributed by atoms with van der Waals surface area (Å²) in [5, 5.41) is 0. The van der Waals surface area contributed by atoms with E-state index in [-0.39, 0.29) is 11.8 Å². The van der Waals surface area contributed by atoms with Gasteiger partial charge in [0, 0.05) is 31.5 Å². The van der Waals surface area contributed by atoms with Crippen molar-refractivity contribution in [1.29, 1.82) is 0 Å². The lowest BCUT2D eigenvalue weighted by molar-refractivity contribution is -0.124. The topological polar surface area (TPSA) is 79.5 Å². The third kappa shape index (κ3) is 2.36. The molecule has 2 amide bonds. The highest BCUT2D eigenvalue weighted by Gasteiger charge is 2.53. The van der Waals surface area contributed by atoms with Crippen molar-refractivity contribution in [2.75, 3.05) is 18.0 Å². The first kappa shape index (κ1) is 16.7. The molecule has 28 heavy (non-hydrogen) atoms. The molecule has 0 aliphatic carbocycles. The Bertz CT molecular complexity index is 1020. The average Bonchev–Trinajstić information content (AvgIpc) is 3.35. The summed E-state index contributed by atoms with van der Waals surface area (Å²) in [6.45, 7) is 0.990. The number of amides is 2. The smallest absolute Gasteiger partial charge is 0.274 e. The van der Waals surface area contributed by atoms with Gasteiger partial charge in [-0.05, 0) is 24.5 Å². The summed E-state index contributed by atoms with van der Waals surface area (Å²) in [5.41, 5.74) is 2.35. The average molecular weight is 374 g/mol. The molecule has 0 saturated carbocycles. The van der Waals surface area contributed by atoms with Gasteiger partial charge in [-0.2, -0.15) is 0 Å². The number of fused-ring (bicyclic) bond motifs is 2. The van der Waals surface area contributed by atoms with Crippen molar-refractivity contribution in [3.8, 4) is 0 Å². The lowest BCUT2D eigenvalue weighted by atomic mass is 9.73. The number of furan rings is 1. The number of piperidine rings is 1. The van der Waals surface area contributed by atoms with Crippen LogP contribution in [-0.2, 0) is 10.2 Å². The first-order valence-corrected chi connectivity index (χ1v) is 9.22. The second kappa shape index (κ2) is 6.30. The van der Waals surface area contributed by atoms with Crippen molar-refractivity contribution in [3.05, 3.63) is 72.7 Å². The molecule has 1 fully saturated rings. The number of benzene rings is 1. The number of anilines is 2. The molecule has 2 aliphatic heterocycles. The van der Waals surface area contributed by atoms with E-state index in [1.807, 2.05) is 24.3 Å². The summed E-state index contributed by atoms with van der Waals surface area (Å²) >= 11 is 0. The van der Waals surface area contributed by atoms with Crippen LogP contribution < -0.4 is 4.90 Å². The molecule has 0 radical (unpaired) electrons. The molecule has 140 valence electrons. The minimum atomic E-state index is -0.618. The fourth-order valence-corrected chi connectivity index (χ4v) is 4.30. The van der Waals surface area contributed by atoms with Crippen molar-refractivity contribution in [1.82, 2.24) is 14.9 Å². The molecular weight excluding hydrogens is 356 g/mol. The van der Waals surface area contributed by atoms with E-state index in [0.29, 0.717) is 31.6 Å². The summed E-state index contributed by atoms with van der Waals surface area (Å²) in [6, 6.07) is 9.68. The maximum Gasteiger partial charge on any atom is 0.274 e. The predicted octanol–water partition coefficient (Wildman–Crippen LogP) is 2.92. The fraction of sp³-hybridized carbons (Fsp3) is 0.238. The molecule has 1 saturated heterocycles. The molecule has 0 N–H and O–H groups in total. The molecule has 0 bridgehead atoms. The van der Waals surface area contributed by atoms with Gasteiger partial charge < -0.3 is 9.32 Å². The predicted molar refractivity (Wildman–Crippen MR) is 101 cm³/mol. The van der Waals surface area contributed by atoms with Crippen LogP contribution in [0.4, 0.5) is 11.4 Å². The van der Waals surface area contributed by atoms with E-state index >= 15 is 0 Å². The monoisotopic (exact) mass is 374 g/mol. The summed E-state index contributed by atoms with van der Waals surface area (Å²) in [4.78, 5) is 37.8. The van der Waals surface area contributed by atoms with Crippen LogP contribution in [0.15, 0.2) is 65.9 Å². The van der Waals surface area contributed by atoms with Gasteiger partial charge in [-0.15, -0.1) is 0 Å². The summed E-state index contributed by atoms with van der Waals surface area (Å²) < 4.78 is 5.20. The number of carbonyl (C=O) groups is 2. The van der Waals surface area contributed by atoms with E-state index in [1.165, 1.54) is 12.4 Å². The largest absolute Gasteiger partial charge is 0.470 e. The van der Waals surface area contributed by atoms with Crippen LogP contribution in [-0.4, -0.2) is 39.8 Å². The fourth-order valence-electron chi connectivity index (χ4n) is 4.30. The first-order valence-electron chi connectivity index (χ1n) is 9.22. The Hall–Kier alpha value is -3.48. The van der Waals surface area contributed by atoms with Gasteiger partial charge in [0.25, 0.3) is 5.91 Å². The van der Waals surface area contributed by atoms with E-state index in [0.717, 1.165) is 16.9 Å². The Labute approximate surface area is 161 Å². The Morgan fingerprint density at radius 3 is 2.64 bits per heavy atom. The standard InChI is InChI=1S/C21H18N4O3/c26-19(17-13-22-8-9-23-17)24-10-6-21(7-11-24)16-3-1-2-4-18(16)25(20(21)27)15-5-12-28-14-15/h1-5,8-9,12-14H,6-7,10-11H2. The molecular formula is C21H18N4O3. The number of rotatable bonds is 2. The van der Waals surface area contributed by atoms with Gasteiger partial charge >= 0.3 is 0 Å². The number of hydrogen-bond acceptors (Lipinski definition) is 5. The Morgan fingerprint density at radius 1 is 1.11 bits per heavy atom. The third-order valence-corrected chi connectivity index (χ3v) is 5.72. The van der Waals surface area contributed by atoms with Crippen LogP contribution in [0.5, 0.6) is 0 Å². The van der Waals surface area contributed by atoms with Crippen LogP contribution in [0.25, 0.3) is 0 Å². The minimum absolute atomic E-state index is 0.0432. The zero-order chi connectivity index (χ0) is 19.1. The lowest BCUT2D eigenvalue weighted by Gasteiger charge is -2.38. The minimum Gasteiger partial charge on any atom is -0.470 e. The maximum absolute atomic E-state index is 13.5. The summed E-state index contributed by atoms with van der Waals surface area (Å²) in [5.74, 6) is -0.102. The van der Waals surface area contributed by atoms with Crippen molar-refractivity contribution < 1.29 is 14.0 Å². The van der Waals surface area contributed by atoms with Crippen LogP contribution in [0.3, 0.4) is 0 Å². The molecule has 4 heterocycles. The van der Waals surface area contributed by atoms with Gasteiger partial charge in [0.2, 0.25) is 5.91 Å². The third-order valence-electron chi connectivity index (χ3n) is 5.72. The van der Waals surface area contributed by atoms with Crippen LogP contribution in [0.1, 0.15) is 28.9 Å². The van der Waals surface area contributed by atoms with E-state index < -0.39 is 5.41 Å². The second-order valence-corrected chi connectivity index (χ2v) is 7.10. The van der Waals surface area contributed by atoms with Gasteiger partial charge in [0.05, 0.1) is 29.2 Å². The number of nitrogens with zero attached hydrogens (tertiary/aromatic N) is 4. The van der Waals surface area contributed by atoms with E-state index in [2.05, 4.69) is 9.97 Å². The molecule has 0 unspecified atom stereocenters. The SMILES string of the molecule is O=C(c1cnccn1)N1CCC2(CC1)C(=O)N(c1ccoc1)c1ccccc12. The van der Waals surface area contributed by atoms with E-state index in [4.69, 9.17) is 4.42 Å². The number of likely N-dealkylation sites (tertiary alicyclic amines) is 1. The molecule has 2 aliphatic rings. The van der Waals surface area contributed by atoms with Crippen LogP contribution in [0, 0.1) is 0 Å². The zero-order valence-electron chi connectivity index (χ0n) is 15.1. The van der Waals surface area contributed by atoms with Gasteiger partial charge in [-0.25, -0.2) is 4.98 Å². The Morgan fingerprint density at radius 2 is 1.93 bits per heavy atom. The first-order chi connectivity index (χ1) is 13.7. The Kier molecular flexibility index (Phi) is 3.75.